The number of thioether (sulfide) groups is 1. The van der Waals surface area contributed by atoms with Gasteiger partial charge in [-0.2, -0.15) is 11.8 Å². The molecule has 0 spiro atoms. The summed E-state index contributed by atoms with van der Waals surface area (Å²) in [6.45, 7) is 2.42. The highest BCUT2D eigenvalue weighted by atomic mass is 35.5. The van der Waals surface area contributed by atoms with E-state index < -0.39 is 16.1 Å². The largest absolute Gasteiger partial charge is 0.453 e. The van der Waals surface area contributed by atoms with Crippen LogP contribution in [0.1, 0.15) is 103 Å². The number of sulfonamides is 1. The van der Waals surface area contributed by atoms with Gasteiger partial charge in [-0.3, -0.25) is 0 Å². The number of methoxy groups -OCH3 is 1. The number of halogens is 1. The average molecular weight is 529 g/mol. The van der Waals surface area contributed by atoms with E-state index in [-0.39, 0.29) is 18.3 Å². The van der Waals surface area contributed by atoms with E-state index >= 15 is 0 Å². The molecule has 6 nitrogen and oxygen atoms in total. The lowest BCUT2D eigenvalue weighted by Crippen LogP contribution is -2.45. The van der Waals surface area contributed by atoms with Crippen LogP contribution >= 0.6 is 23.4 Å². The highest BCUT2D eigenvalue weighted by molar-refractivity contribution is 7.99. The van der Waals surface area contributed by atoms with Crippen LogP contribution in [-0.2, 0) is 14.8 Å². The highest BCUT2D eigenvalue weighted by Crippen LogP contribution is 2.14. The van der Waals surface area contributed by atoms with E-state index in [1.165, 1.54) is 90.6 Å². The predicted molar refractivity (Wildman–Crippen MR) is 144 cm³/mol. The van der Waals surface area contributed by atoms with Crippen molar-refractivity contribution in [3.05, 3.63) is 0 Å². The summed E-state index contributed by atoms with van der Waals surface area (Å²) < 4.78 is 31.1. The number of rotatable bonds is 24. The summed E-state index contributed by atoms with van der Waals surface area (Å²) in [5.41, 5.74) is 0. The lowest BCUT2D eigenvalue weighted by Gasteiger charge is -2.18. The molecule has 0 bridgehead atoms. The van der Waals surface area contributed by atoms with E-state index in [1.54, 1.807) is 11.8 Å². The lowest BCUT2D eigenvalue weighted by atomic mass is 10.0. The highest BCUT2D eigenvalue weighted by Gasteiger charge is 2.17. The molecule has 198 valence electrons. The molecule has 1 amide bonds. The number of carbonyl (C=O) groups is 1. The normalized spacial score (nSPS) is 12.6. The summed E-state index contributed by atoms with van der Waals surface area (Å²) in [4.78, 5) is 11.6. The van der Waals surface area contributed by atoms with Gasteiger partial charge in [0, 0.05) is 18.2 Å². The summed E-state index contributed by atoms with van der Waals surface area (Å²) in [5.74, 6) is 1.95. The fourth-order valence-electron chi connectivity index (χ4n) is 3.55. The van der Waals surface area contributed by atoms with Gasteiger partial charge in [0.2, 0.25) is 10.0 Å². The Balaban J connectivity index is 3.74. The molecule has 0 radical (unpaired) electrons. The molecule has 2 N–H and O–H groups in total. The monoisotopic (exact) mass is 528 g/mol. The molecule has 0 fully saturated rings. The maximum Gasteiger partial charge on any atom is 0.407 e. The molecule has 0 aliphatic carbocycles. The van der Waals surface area contributed by atoms with Crippen molar-refractivity contribution < 1.29 is 17.9 Å². The molecule has 0 aromatic heterocycles. The zero-order valence-corrected chi connectivity index (χ0v) is 23.4. The zero-order valence-electron chi connectivity index (χ0n) is 21.0. The molecule has 0 aromatic carbocycles. The van der Waals surface area contributed by atoms with E-state index in [4.69, 9.17) is 11.6 Å². The van der Waals surface area contributed by atoms with Crippen LogP contribution in [0.4, 0.5) is 4.79 Å². The quantitative estimate of drug-likeness (QED) is 0.111. The average Bonchev–Trinajstić information content (AvgIpc) is 2.80. The molecule has 9 heteroatoms. The summed E-state index contributed by atoms with van der Waals surface area (Å²) in [5, 5.41) is 2.71. The van der Waals surface area contributed by atoms with Gasteiger partial charge in [0.25, 0.3) is 0 Å². The summed E-state index contributed by atoms with van der Waals surface area (Å²) >= 11 is 7.31. The zero-order chi connectivity index (χ0) is 24.6. The molecule has 33 heavy (non-hydrogen) atoms. The Hall–Kier alpha value is -0.180. The molecule has 0 heterocycles. The van der Waals surface area contributed by atoms with E-state index in [9.17, 15) is 13.2 Å². The number of amides is 1. The fourth-order valence-corrected chi connectivity index (χ4v) is 6.02. The van der Waals surface area contributed by atoms with Gasteiger partial charge in [-0.25, -0.2) is 17.9 Å². The Morgan fingerprint density at radius 2 is 1.39 bits per heavy atom. The van der Waals surface area contributed by atoms with Crippen molar-refractivity contribution in [3.63, 3.8) is 0 Å². The van der Waals surface area contributed by atoms with Gasteiger partial charge >= 0.3 is 6.09 Å². The topological polar surface area (TPSA) is 84.5 Å². The van der Waals surface area contributed by atoms with Gasteiger partial charge in [0.05, 0.1) is 18.9 Å². The maximum atomic E-state index is 12.0. The van der Waals surface area contributed by atoms with Crippen molar-refractivity contribution in [2.75, 3.05) is 36.8 Å². The first kappa shape index (κ1) is 32.8. The van der Waals surface area contributed by atoms with Gasteiger partial charge in [-0.15, -0.1) is 11.6 Å². The molecule has 0 saturated carbocycles. The van der Waals surface area contributed by atoms with E-state index in [1.807, 2.05) is 0 Å². The van der Waals surface area contributed by atoms with Crippen molar-refractivity contribution in [1.29, 1.82) is 0 Å². The number of unbranched alkanes of at least 4 members (excludes halogenated alkanes) is 13. The Bertz CT molecular complexity index is 551. The van der Waals surface area contributed by atoms with Gasteiger partial charge < -0.3 is 10.1 Å². The standard InChI is InChI=1S/C24H49ClN2O4S2/c1-3-4-5-6-7-8-9-10-11-12-13-14-15-16-19-32-22-23(27-24(28)31-2)21-26-33(29,30)20-17-18-25/h23,26H,3-22H2,1-2H3,(H,27,28). The van der Waals surface area contributed by atoms with Crippen LogP contribution in [0.2, 0.25) is 0 Å². The Kier molecular flexibility index (Phi) is 23.4. The predicted octanol–water partition coefficient (Wildman–Crippen LogP) is 6.47. The SMILES string of the molecule is CCCCCCCCCCCCCCCCSCC(CNS(=O)(=O)CCCCl)NC(=O)OC. The van der Waals surface area contributed by atoms with Crippen molar-refractivity contribution >= 4 is 39.5 Å². The van der Waals surface area contributed by atoms with Crippen LogP contribution in [0.25, 0.3) is 0 Å². The molecule has 1 unspecified atom stereocenters. The van der Waals surface area contributed by atoms with Crippen LogP contribution < -0.4 is 10.0 Å². The third kappa shape index (κ3) is 23.3. The minimum atomic E-state index is -3.38. The van der Waals surface area contributed by atoms with Crippen molar-refractivity contribution in [2.45, 2.75) is 109 Å². The number of nitrogens with one attached hydrogen (secondary N) is 2. The number of hydrogen-bond acceptors (Lipinski definition) is 5. The third-order valence-corrected chi connectivity index (χ3v) is 8.48. The van der Waals surface area contributed by atoms with Crippen molar-refractivity contribution in [2.24, 2.45) is 0 Å². The smallest absolute Gasteiger partial charge is 0.407 e. The molecule has 0 aliphatic rings. The molecule has 1 atom stereocenters. The molecule has 0 aliphatic heterocycles. The van der Waals surface area contributed by atoms with Crippen molar-refractivity contribution in [1.82, 2.24) is 10.0 Å². The number of alkyl carbamates (subject to hydrolysis) is 1. The Morgan fingerprint density at radius 3 is 1.88 bits per heavy atom. The van der Waals surface area contributed by atoms with Crippen LogP contribution in [0.15, 0.2) is 0 Å². The second kappa shape index (κ2) is 23.6. The second-order valence-electron chi connectivity index (χ2n) is 8.71. The molecule has 0 saturated heterocycles. The van der Waals surface area contributed by atoms with Crippen molar-refractivity contribution in [3.8, 4) is 0 Å². The van der Waals surface area contributed by atoms with Crippen LogP contribution in [0.5, 0.6) is 0 Å². The summed E-state index contributed by atoms with van der Waals surface area (Å²) in [7, 11) is -2.07. The van der Waals surface area contributed by atoms with Crippen LogP contribution in [0.3, 0.4) is 0 Å². The summed E-state index contributed by atoms with van der Waals surface area (Å²) in [6, 6.07) is -0.306. The van der Waals surface area contributed by atoms with Gasteiger partial charge in [0.1, 0.15) is 0 Å². The molecular weight excluding hydrogens is 480 g/mol. The van der Waals surface area contributed by atoms with E-state index in [2.05, 4.69) is 21.7 Å². The van der Waals surface area contributed by atoms with Crippen LogP contribution in [-0.4, -0.2) is 57.3 Å². The molecular formula is C24H49ClN2O4S2. The molecule has 0 aromatic rings. The second-order valence-corrected chi connectivity index (χ2v) is 12.2. The minimum absolute atomic E-state index is 0.00632. The van der Waals surface area contributed by atoms with Gasteiger partial charge in [-0.1, -0.05) is 90.4 Å². The first-order valence-electron chi connectivity index (χ1n) is 12.9. The van der Waals surface area contributed by atoms with Gasteiger partial charge in [0.15, 0.2) is 0 Å². The number of ether oxygens (including phenoxy) is 1. The number of alkyl halides is 1. The fraction of sp³-hybridized carbons (Fsp3) is 0.958. The first-order chi connectivity index (χ1) is 15.9. The minimum Gasteiger partial charge on any atom is -0.453 e. The lowest BCUT2D eigenvalue weighted by molar-refractivity contribution is 0.167. The first-order valence-corrected chi connectivity index (χ1v) is 16.2. The van der Waals surface area contributed by atoms with Crippen LogP contribution in [0, 0.1) is 0 Å². The Morgan fingerprint density at radius 1 is 0.879 bits per heavy atom. The van der Waals surface area contributed by atoms with Gasteiger partial charge in [-0.05, 0) is 18.6 Å². The Labute approximate surface area is 213 Å². The summed E-state index contributed by atoms with van der Waals surface area (Å²) in [6.07, 6.45) is 18.7. The molecule has 0 rings (SSSR count). The number of carbonyl (C=O) groups excluding carboxylic acids is 1. The maximum absolute atomic E-state index is 12.0. The van der Waals surface area contributed by atoms with E-state index in [0.29, 0.717) is 18.1 Å². The van der Waals surface area contributed by atoms with E-state index in [0.717, 1.165) is 12.2 Å². The number of hydrogen-bond donors (Lipinski definition) is 2. The third-order valence-electron chi connectivity index (χ3n) is 5.56.